The fraction of sp³-hybridized carbons (Fsp3) is 0.462. The summed E-state index contributed by atoms with van der Waals surface area (Å²) in [6.45, 7) is 1.74. The van der Waals surface area contributed by atoms with Crippen LogP contribution in [0.1, 0.15) is 18.4 Å². The Balaban J connectivity index is 1.87. The van der Waals surface area contributed by atoms with Crippen LogP contribution in [0.5, 0.6) is 0 Å². The van der Waals surface area contributed by atoms with Crippen LogP contribution in [-0.2, 0) is 11.2 Å². The Bertz CT molecular complexity index is 455. The second-order valence-electron chi connectivity index (χ2n) is 4.66. The lowest BCUT2D eigenvalue weighted by atomic mass is 10.1. The van der Waals surface area contributed by atoms with Crippen molar-refractivity contribution in [3.05, 3.63) is 28.8 Å². The van der Waals surface area contributed by atoms with Gasteiger partial charge in [0.25, 0.3) is 0 Å². The first-order chi connectivity index (χ1) is 8.25. The quantitative estimate of drug-likeness (QED) is 0.827. The molecule has 2 heterocycles. The van der Waals surface area contributed by atoms with Gasteiger partial charge in [-0.2, -0.15) is 0 Å². The number of benzene rings is 1. The van der Waals surface area contributed by atoms with Crippen molar-refractivity contribution in [1.29, 1.82) is 0 Å². The van der Waals surface area contributed by atoms with Gasteiger partial charge in [-0.1, -0.05) is 17.7 Å². The van der Waals surface area contributed by atoms with E-state index in [2.05, 4.69) is 5.32 Å². The van der Waals surface area contributed by atoms with Crippen LogP contribution < -0.4 is 10.2 Å². The van der Waals surface area contributed by atoms with Crippen molar-refractivity contribution in [2.45, 2.75) is 25.3 Å². The van der Waals surface area contributed by atoms with Crippen molar-refractivity contribution < 1.29 is 4.79 Å². The first-order valence-corrected chi connectivity index (χ1v) is 6.47. The van der Waals surface area contributed by atoms with Gasteiger partial charge < -0.3 is 10.2 Å². The number of carbonyl (C=O) groups excluding carboxylic acids is 1. The highest BCUT2D eigenvalue weighted by atomic mass is 35.5. The fourth-order valence-electron chi connectivity index (χ4n) is 2.66. The third kappa shape index (κ3) is 1.94. The van der Waals surface area contributed by atoms with Crippen molar-refractivity contribution in [2.75, 3.05) is 18.0 Å². The number of hydrogen-bond acceptors (Lipinski definition) is 2. The SMILES string of the molecule is O=C(C1CCCN1)N1CCc2ccc(Cl)cc21. The Hall–Kier alpha value is -1.06. The molecule has 90 valence electrons. The summed E-state index contributed by atoms with van der Waals surface area (Å²) in [4.78, 5) is 14.2. The number of rotatable bonds is 1. The second kappa shape index (κ2) is 4.31. The minimum atomic E-state index is -0.0000633. The molecule has 0 bridgehead atoms. The summed E-state index contributed by atoms with van der Waals surface area (Å²) >= 11 is 6.00. The number of nitrogens with one attached hydrogen (secondary N) is 1. The molecular formula is C13H15ClN2O. The predicted molar refractivity (Wildman–Crippen MR) is 68.5 cm³/mol. The molecule has 0 spiro atoms. The Labute approximate surface area is 106 Å². The van der Waals surface area contributed by atoms with Gasteiger partial charge in [0.05, 0.1) is 6.04 Å². The Kier molecular flexibility index (Phi) is 2.81. The van der Waals surface area contributed by atoms with Crippen molar-refractivity contribution in [3.8, 4) is 0 Å². The summed E-state index contributed by atoms with van der Waals surface area (Å²) in [5.74, 6) is 0.198. The van der Waals surface area contributed by atoms with E-state index in [1.54, 1.807) is 0 Å². The van der Waals surface area contributed by atoms with Crippen molar-refractivity contribution in [3.63, 3.8) is 0 Å². The fourth-order valence-corrected chi connectivity index (χ4v) is 2.83. The second-order valence-corrected chi connectivity index (χ2v) is 5.10. The van der Waals surface area contributed by atoms with Crippen LogP contribution in [-0.4, -0.2) is 25.0 Å². The molecule has 1 aromatic rings. The summed E-state index contributed by atoms with van der Waals surface area (Å²) in [7, 11) is 0. The van der Waals surface area contributed by atoms with E-state index in [4.69, 9.17) is 11.6 Å². The van der Waals surface area contributed by atoms with Crippen LogP contribution >= 0.6 is 11.6 Å². The van der Waals surface area contributed by atoms with Crippen molar-refractivity contribution >= 4 is 23.2 Å². The molecule has 1 atom stereocenters. The molecule has 1 fully saturated rings. The molecule has 1 unspecified atom stereocenters. The Morgan fingerprint density at radius 3 is 3.12 bits per heavy atom. The standard InChI is InChI=1S/C13H15ClN2O/c14-10-4-3-9-5-7-16(12(9)8-10)13(17)11-2-1-6-15-11/h3-4,8,11,15H,1-2,5-7H2. The predicted octanol–water partition coefficient (Wildman–Crippen LogP) is 1.98. The van der Waals surface area contributed by atoms with E-state index in [9.17, 15) is 4.79 Å². The van der Waals surface area contributed by atoms with Crippen LogP contribution in [0.25, 0.3) is 0 Å². The van der Waals surface area contributed by atoms with Gasteiger partial charge in [-0.25, -0.2) is 0 Å². The number of nitrogens with zero attached hydrogens (tertiary/aromatic N) is 1. The number of fused-ring (bicyclic) bond motifs is 1. The molecule has 0 aromatic heterocycles. The third-order valence-electron chi connectivity index (χ3n) is 3.57. The lowest BCUT2D eigenvalue weighted by Gasteiger charge is -2.21. The van der Waals surface area contributed by atoms with Crippen LogP contribution in [0.15, 0.2) is 18.2 Å². The van der Waals surface area contributed by atoms with E-state index in [-0.39, 0.29) is 11.9 Å². The lowest BCUT2D eigenvalue weighted by Crippen LogP contribution is -2.42. The molecule has 1 amide bonds. The minimum Gasteiger partial charge on any atom is -0.310 e. The van der Waals surface area contributed by atoms with Gasteiger partial charge in [-0.3, -0.25) is 4.79 Å². The molecule has 4 heteroatoms. The monoisotopic (exact) mass is 250 g/mol. The van der Waals surface area contributed by atoms with Gasteiger partial charge in [0.15, 0.2) is 0 Å². The van der Waals surface area contributed by atoms with Crippen LogP contribution in [0.3, 0.4) is 0 Å². The molecule has 2 aliphatic rings. The van der Waals surface area contributed by atoms with Gasteiger partial charge in [-0.15, -0.1) is 0 Å². The molecule has 1 saturated heterocycles. The average molecular weight is 251 g/mol. The maximum atomic E-state index is 12.3. The molecule has 0 saturated carbocycles. The molecule has 2 aliphatic heterocycles. The van der Waals surface area contributed by atoms with E-state index >= 15 is 0 Å². The number of anilines is 1. The van der Waals surface area contributed by atoms with Gasteiger partial charge in [0.1, 0.15) is 0 Å². The maximum Gasteiger partial charge on any atom is 0.244 e. The van der Waals surface area contributed by atoms with Gasteiger partial charge in [0.2, 0.25) is 5.91 Å². The van der Waals surface area contributed by atoms with Gasteiger partial charge >= 0.3 is 0 Å². The van der Waals surface area contributed by atoms with Crippen LogP contribution in [0.4, 0.5) is 5.69 Å². The first-order valence-electron chi connectivity index (χ1n) is 6.09. The number of halogens is 1. The number of carbonyl (C=O) groups is 1. The molecule has 1 aromatic carbocycles. The van der Waals surface area contributed by atoms with Gasteiger partial charge in [0, 0.05) is 17.3 Å². The van der Waals surface area contributed by atoms with Crippen LogP contribution in [0, 0.1) is 0 Å². The molecule has 1 N–H and O–H groups in total. The molecule has 0 aliphatic carbocycles. The van der Waals surface area contributed by atoms with E-state index in [1.165, 1.54) is 5.56 Å². The summed E-state index contributed by atoms with van der Waals surface area (Å²) in [5.41, 5.74) is 2.22. The number of amides is 1. The highest BCUT2D eigenvalue weighted by Crippen LogP contribution is 2.31. The normalized spacial score (nSPS) is 22.9. The highest BCUT2D eigenvalue weighted by molar-refractivity contribution is 6.31. The van der Waals surface area contributed by atoms with E-state index < -0.39 is 0 Å². The summed E-state index contributed by atoms with van der Waals surface area (Å²) in [6.07, 6.45) is 2.98. The lowest BCUT2D eigenvalue weighted by molar-refractivity contribution is -0.120. The highest BCUT2D eigenvalue weighted by Gasteiger charge is 2.31. The summed E-state index contributed by atoms with van der Waals surface area (Å²) in [5, 5.41) is 3.95. The summed E-state index contributed by atoms with van der Waals surface area (Å²) in [6, 6.07) is 5.81. The smallest absolute Gasteiger partial charge is 0.244 e. The van der Waals surface area contributed by atoms with Gasteiger partial charge in [-0.05, 0) is 43.5 Å². The molecule has 3 rings (SSSR count). The maximum absolute atomic E-state index is 12.3. The third-order valence-corrected chi connectivity index (χ3v) is 3.80. The van der Waals surface area contributed by atoms with Crippen molar-refractivity contribution in [2.24, 2.45) is 0 Å². The zero-order valence-corrected chi connectivity index (χ0v) is 10.3. The Morgan fingerprint density at radius 1 is 1.47 bits per heavy atom. The van der Waals surface area contributed by atoms with E-state index in [1.807, 2.05) is 23.1 Å². The summed E-state index contributed by atoms with van der Waals surface area (Å²) < 4.78 is 0. The largest absolute Gasteiger partial charge is 0.310 e. The molecular weight excluding hydrogens is 236 g/mol. The number of hydrogen-bond donors (Lipinski definition) is 1. The Morgan fingerprint density at radius 2 is 2.35 bits per heavy atom. The van der Waals surface area contributed by atoms with E-state index in [0.717, 1.165) is 38.0 Å². The zero-order valence-electron chi connectivity index (χ0n) is 9.58. The van der Waals surface area contributed by atoms with E-state index in [0.29, 0.717) is 5.02 Å². The van der Waals surface area contributed by atoms with Crippen LogP contribution in [0.2, 0.25) is 5.02 Å². The molecule has 17 heavy (non-hydrogen) atoms. The first kappa shape index (κ1) is 11.1. The minimum absolute atomic E-state index is 0.0000633. The van der Waals surface area contributed by atoms with Crippen molar-refractivity contribution in [1.82, 2.24) is 5.32 Å². The zero-order chi connectivity index (χ0) is 11.8. The average Bonchev–Trinajstić information content (AvgIpc) is 2.97. The molecule has 0 radical (unpaired) electrons. The molecule has 3 nitrogen and oxygen atoms in total. The topological polar surface area (TPSA) is 32.3 Å².